The van der Waals surface area contributed by atoms with E-state index in [-0.39, 0.29) is 11.7 Å². The molecule has 0 bridgehead atoms. The lowest BCUT2D eigenvalue weighted by Crippen LogP contribution is -2.15. The Balaban J connectivity index is 1.59. The number of benzene rings is 2. The van der Waals surface area contributed by atoms with E-state index < -0.39 is 0 Å². The Morgan fingerprint density at radius 2 is 2.04 bits per heavy atom. The predicted octanol–water partition coefficient (Wildman–Crippen LogP) is 4.58. The van der Waals surface area contributed by atoms with Crippen LogP contribution in [0.1, 0.15) is 5.56 Å². The molecule has 0 fully saturated rings. The number of thioether (sulfide) groups is 1. The van der Waals surface area contributed by atoms with Crippen LogP contribution in [0.15, 0.2) is 53.7 Å². The van der Waals surface area contributed by atoms with Gasteiger partial charge in [-0.15, -0.1) is 10.2 Å². The molecule has 0 spiro atoms. The van der Waals surface area contributed by atoms with Crippen molar-refractivity contribution in [2.24, 2.45) is 0 Å². The van der Waals surface area contributed by atoms with E-state index in [1.54, 1.807) is 19.2 Å². The number of halogens is 1. The molecule has 2 heterocycles. The lowest BCUT2D eigenvalue weighted by Gasteiger charge is -2.10. The van der Waals surface area contributed by atoms with Gasteiger partial charge >= 0.3 is 0 Å². The molecule has 0 radical (unpaired) electrons. The molecule has 4 rings (SSSR count). The first-order valence-corrected chi connectivity index (χ1v) is 9.93. The molecular formula is C20H17ClN4O2S. The van der Waals surface area contributed by atoms with Crippen molar-refractivity contribution in [1.82, 2.24) is 14.6 Å². The Kier molecular flexibility index (Phi) is 5.11. The fourth-order valence-electron chi connectivity index (χ4n) is 3.05. The number of carbonyl (C=O) groups excluding carboxylic acids is 1. The molecule has 1 amide bonds. The van der Waals surface area contributed by atoms with Gasteiger partial charge in [0.2, 0.25) is 5.91 Å². The normalized spacial score (nSPS) is 11.1. The Labute approximate surface area is 170 Å². The van der Waals surface area contributed by atoms with Gasteiger partial charge in [-0.25, -0.2) is 0 Å². The van der Waals surface area contributed by atoms with Gasteiger partial charge in [0, 0.05) is 10.4 Å². The number of hydrogen-bond donors (Lipinski definition) is 1. The standard InChI is InChI=1S/C20H17ClN4O2S/c1-12-9-18-23-24-20(25(18)16-8-7-13(21)10-14(12)16)28-11-19(26)22-15-5-3-4-6-17(15)27-2/h3-10H,11H2,1-2H3,(H,22,26). The summed E-state index contributed by atoms with van der Waals surface area (Å²) in [6, 6.07) is 15.0. The minimum atomic E-state index is -0.147. The Bertz CT molecular complexity index is 1190. The van der Waals surface area contributed by atoms with E-state index in [1.165, 1.54) is 11.8 Å². The first-order valence-electron chi connectivity index (χ1n) is 8.56. The molecule has 0 saturated carbocycles. The maximum atomic E-state index is 12.4. The van der Waals surface area contributed by atoms with Gasteiger partial charge in [-0.05, 0) is 48.9 Å². The lowest BCUT2D eigenvalue weighted by atomic mass is 10.1. The number of pyridine rings is 1. The van der Waals surface area contributed by atoms with Gasteiger partial charge in [0.15, 0.2) is 10.8 Å². The number of carbonyl (C=O) groups is 1. The van der Waals surface area contributed by atoms with Crippen LogP contribution in [-0.2, 0) is 4.79 Å². The molecule has 2 aromatic carbocycles. The number of rotatable bonds is 5. The molecule has 0 aliphatic carbocycles. The number of methoxy groups -OCH3 is 1. The second-order valence-electron chi connectivity index (χ2n) is 6.20. The zero-order valence-corrected chi connectivity index (χ0v) is 16.8. The van der Waals surface area contributed by atoms with Gasteiger partial charge in [0.1, 0.15) is 5.75 Å². The average molecular weight is 413 g/mol. The van der Waals surface area contributed by atoms with Crippen LogP contribution in [0.5, 0.6) is 5.75 Å². The van der Waals surface area contributed by atoms with E-state index >= 15 is 0 Å². The second kappa shape index (κ2) is 7.69. The van der Waals surface area contributed by atoms with Crippen molar-refractivity contribution in [3.05, 3.63) is 59.1 Å². The van der Waals surface area contributed by atoms with Crippen molar-refractivity contribution in [2.45, 2.75) is 12.1 Å². The summed E-state index contributed by atoms with van der Waals surface area (Å²) < 4.78 is 7.21. The van der Waals surface area contributed by atoms with Gasteiger partial charge in [-0.2, -0.15) is 0 Å². The third kappa shape index (κ3) is 3.50. The number of nitrogens with zero attached hydrogens (tertiary/aromatic N) is 3. The van der Waals surface area contributed by atoms with E-state index in [0.717, 1.165) is 22.1 Å². The summed E-state index contributed by atoms with van der Waals surface area (Å²) in [6.07, 6.45) is 0. The van der Waals surface area contributed by atoms with E-state index in [0.29, 0.717) is 21.6 Å². The molecule has 28 heavy (non-hydrogen) atoms. The number of para-hydroxylation sites is 2. The van der Waals surface area contributed by atoms with Crippen LogP contribution in [0.3, 0.4) is 0 Å². The summed E-state index contributed by atoms with van der Waals surface area (Å²) in [7, 11) is 1.57. The molecule has 0 atom stereocenters. The van der Waals surface area contributed by atoms with Crippen molar-refractivity contribution < 1.29 is 9.53 Å². The van der Waals surface area contributed by atoms with Crippen LogP contribution in [0.25, 0.3) is 16.6 Å². The topological polar surface area (TPSA) is 68.5 Å². The molecule has 6 nitrogen and oxygen atoms in total. The van der Waals surface area contributed by atoms with E-state index in [9.17, 15) is 4.79 Å². The molecular weight excluding hydrogens is 396 g/mol. The molecule has 8 heteroatoms. The number of nitrogens with one attached hydrogen (secondary N) is 1. The number of hydrogen-bond acceptors (Lipinski definition) is 5. The van der Waals surface area contributed by atoms with Crippen LogP contribution < -0.4 is 10.1 Å². The van der Waals surface area contributed by atoms with Crippen molar-refractivity contribution in [2.75, 3.05) is 18.2 Å². The third-order valence-corrected chi connectivity index (χ3v) is 5.51. The maximum Gasteiger partial charge on any atom is 0.234 e. The number of anilines is 1. The van der Waals surface area contributed by atoms with Crippen LogP contribution in [-0.4, -0.2) is 33.4 Å². The second-order valence-corrected chi connectivity index (χ2v) is 7.58. The highest BCUT2D eigenvalue weighted by atomic mass is 35.5. The SMILES string of the molecule is COc1ccccc1NC(=O)CSc1nnc2cc(C)c3cc(Cl)ccc3n12. The lowest BCUT2D eigenvalue weighted by molar-refractivity contribution is -0.113. The molecule has 0 unspecified atom stereocenters. The molecule has 1 N–H and O–H groups in total. The number of ether oxygens (including phenoxy) is 1. The summed E-state index contributed by atoms with van der Waals surface area (Å²) >= 11 is 7.48. The van der Waals surface area contributed by atoms with Gasteiger partial charge in [0.25, 0.3) is 0 Å². The number of fused-ring (bicyclic) bond motifs is 3. The predicted molar refractivity (Wildman–Crippen MR) is 113 cm³/mol. The monoisotopic (exact) mass is 412 g/mol. The number of amides is 1. The van der Waals surface area contributed by atoms with Gasteiger partial charge in [-0.1, -0.05) is 35.5 Å². The highest BCUT2D eigenvalue weighted by Gasteiger charge is 2.14. The molecule has 0 aliphatic rings. The number of aromatic nitrogens is 3. The highest BCUT2D eigenvalue weighted by Crippen LogP contribution is 2.28. The van der Waals surface area contributed by atoms with Crippen molar-refractivity contribution in [3.8, 4) is 5.75 Å². The molecule has 4 aromatic rings. The highest BCUT2D eigenvalue weighted by molar-refractivity contribution is 7.99. The Morgan fingerprint density at radius 3 is 2.86 bits per heavy atom. The van der Waals surface area contributed by atoms with E-state index in [2.05, 4.69) is 15.5 Å². The smallest absolute Gasteiger partial charge is 0.234 e. The Hall–Kier alpha value is -2.77. The largest absolute Gasteiger partial charge is 0.495 e. The minimum Gasteiger partial charge on any atom is -0.495 e. The van der Waals surface area contributed by atoms with Crippen LogP contribution in [0.4, 0.5) is 5.69 Å². The van der Waals surface area contributed by atoms with E-state index in [4.69, 9.17) is 16.3 Å². The fourth-order valence-corrected chi connectivity index (χ4v) is 3.97. The molecule has 0 aliphatic heterocycles. The summed E-state index contributed by atoms with van der Waals surface area (Å²) in [6.45, 7) is 2.01. The zero-order valence-electron chi connectivity index (χ0n) is 15.3. The van der Waals surface area contributed by atoms with Crippen LogP contribution in [0, 0.1) is 6.92 Å². The summed E-state index contributed by atoms with van der Waals surface area (Å²) in [5, 5.41) is 13.7. The number of aryl methyl sites for hydroxylation is 1. The maximum absolute atomic E-state index is 12.4. The van der Waals surface area contributed by atoms with Crippen LogP contribution in [0.2, 0.25) is 5.02 Å². The average Bonchev–Trinajstić information content (AvgIpc) is 3.10. The molecule has 2 aromatic heterocycles. The van der Waals surface area contributed by atoms with Crippen molar-refractivity contribution >= 4 is 51.5 Å². The fraction of sp³-hybridized carbons (Fsp3) is 0.150. The van der Waals surface area contributed by atoms with Gasteiger partial charge < -0.3 is 10.1 Å². The van der Waals surface area contributed by atoms with E-state index in [1.807, 2.05) is 47.7 Å². The van der Waals surface area contributed by atoms with Crippen LogP contribution >= 0.6 is 23.4 Å². The summed E-state index contributed by atoms with van der Waals surface area (Å²) in [5.74, 6) is 0.666. The molecule has 0 saturated heterocycles. The summed E-state index contributed by atoms with van der Waals surface area (Å²) in [5.41, 5.74) is 3.40. The van der Waals surface area contributed by atoms with Crippen molar-refractivity contribution in [1.29, 1.82) is 0 Å². The first-order chi connectivity index (χ1) is 13.6. The summed E-state index contributed by atoms with van der Waals surface area (Å²) in [4.78, 5) is 12.4. The quantitative estimate of drug-likeness (QED) is 0.486. The first kappa shape index (κ1) is 18.6. The third-order valence-electron chi connectivity index (χ3n) is 4.34. The zero-order chi connectivity index (χ0) is 19.7. The van der Waals surface area contributed by atoms with Crippen molar-refractivity contribution in [3.63, 3.8) is 0 Å². The minimum absolute atomic E-state index is 0.147. The van der Waals surface area contributed by atoms with Gasteiger partial charge in [0.05, 0.1) is 24.1 Å². The van der Waals surface area contributed by atoms with Gasteiger partial charge in [-0.3, -0.25) is 9.20 Å². The molecule has 142 valence electrons. The Morgan fingerprint density at radius 1 is 1.21 bits per heavy atom.